The van der Waals surface area contributed by atoms with Crippen LogP contribution in [0.25, 0.3) is 0 Å². The normalized spacial score (nSPS) is 10.1. The van der Waals surface area contributed by atoms with E-state index in [9.17, 15) is 4.79 Å². The first-order chi connectivity index (χ1) is 10.1. The lowest BCUT2D eigenvalue weighted by molar-refractivity contribution is -0.123. The Labute approximate surface area is 127 Å². The molecule has 110 valence electrons. The minimum absolute atomic E-state index is 0.0518. The number of carbonyl (C=O) groups is 1. The molecule has 0 bridgehead atoms. The summed E-state index contributed by atoms with van der Waals surface area (Å²) in [6, 6.07) is 6.94. The van der Waals surface area contributed by atoms with Crippen LogP contribution in [0.15, 0.2) is 36.7 Å². The Hall–Kier alpha value is -2.48. The minimum Gasteiger partial charge on any atom is -0.484 e. The Morgan fingerprint density at radius 2 is 2.14 bits per heavy atom. The fraction of sp³-hybridized carbons (Fsp3) is 0.231. The van der Waals surface area contributed by atoms with Gasteiger partial charge < -0.3 is 15.8 Å². The van der Waals surface area contributed by atoms with Gasteiger partial charge in [0.1, 0.15) is 10.7 Å². The molecule has 0 unspecified atom stereocenters. The summed E-state index contributed by atoms with van der Waals surface area (Å²) in [5.41, 5.74) is 6.25. The molecule has 0 saturated carbocycles. The molecule has 7 nitrogen and oxygen atoms in total. The van der Waals surface area contributed by atoms with E-state index in [-0.39, 0.29) is 12.5 Å². The maximum atomic E-state index is 11.6. The minimum atomic E-state index is -0.200. The Morgan fingerprint density at radius 1 is 1.38 bits per heavy atom. The first-order valence-electron chi connectivity index (χ1n) is 6.28. The average molecular weight is 305 g/mol. The monoisotopic (exact) mass is 305 g/mol. The highest BCUT2D eigenvalue weighted by atomic mass is 32.1. The summed E-state index contributed by atoms with van der Waals surface area (Å²) in [4.78, 5) is 11.9. The average Bonchev–Trinajstić information content (AvgIpc) is 2.99. The number of hydrogen-bond acceptors (Lipinski definition) is 5. The SMILES string of the molecule is NC(=S)c1ccc(OCC(=O)NCCn2ccnn2)cc1. The summed E-state index contributed by atoms with van der Waals surface area (Å²) in [6.07, 6.45) is 3.31. The van der Waals surface area contributed by atoms with E-state index in [2.05, 4.69) is 15.6 Å². The molecule has 0 radical (unpaired) electrons. The van der Waals surface area contributed by atoms with E-state index in [1.807, 2.05) is 0 Å². The Balaban J connectivity index is 1.69. The zero-order chi connectivity index (χ0) is 15.1. The number of aromatic nitrogens is 3. The van der Waals surface area contributed by atoms with Crippen LogP contribution in [0.1, 0.15) is 5.56 Å². The molecule has 1 aromatic heterocycles. The van der Waals surface area contributed by atoms with Gasteiger partial charge in [0.25, 0.3) is 5.91 Å². The first-order valence-corrected chi connectivity index (χ1v) is 6.69. The van der Waals surface area contributed by atoms with E-state index in [0.29, 0.717) is 23.8 Å². The summed E-state index contributed by atoms with van der Waals surface area (Å²) in [5, 5.41) is 10.2. The third-order valence-corrected chi connectivity index (χ3v) is 2.88. The van der Waals surface area contributed by atoms with Gasteiger partial charge in [-0.25, -0.2) is 0 Å². The van der Waals surface area contributed by atoms with Crippen LogP contribution in [0, 0.1) is 0 Å². The molecule has 1 amide bonds. The van der Waals surface area contributed by atoms with Crippen LogP contribution in [0.2, 0.25) is 0 Å². The third kappa shape index (κ3) is 4.84. The molecule has 21 heavy (non-hydrogen) atoms. The molecule has 1 aromatic carbocycles. The quantitative estimate of drug-likeness (QED) is 0.705. The molecule has 3 N–H and O–H groups in total. The van der Waals surface area contributed by atoms with Crippen molar-refractivity contribution in [1.82, 2.24) is 20.3 Å². The number of rotatable bonds is 7. The van der Waals surface area contributed by atoms with Gasteiger partial charge in [0.05, 0.1) is 12.7 Å². The molecule has 1 heterocycles. The van der Waals surface area contributed by atoms with E-state index in [1.54, 1.807) is 41.3 Å². The molecule has 0 aliphatic rings. The van der Waals surface area contributed by atoms with Gasteiger partial charge in [-0.05, 0) is 24.3 Å². The second-order valence-corrected chi connectivity index (χ2v) is 4.63. The Morgan fingerprint density at radius 3 is 2.76 bits per heavy atom. The molecular weight excluding hydrogens is 290 g/mol. The van der Waals surface area contributed by atoms with E-state index < -0.39 is 0 Å². The van der Waals surface area contributed by atoms with E-state index >= 15 is 0 Å². The third-order valence-electron chi connectivity index (χ3n) is 2.64. The fourth-order valence-electron chi connectivity index (χ4n) is 1.58. The molecule has 0 saturated heterocycles. The number of benzene rings is 1. The van der Waals surface area contributed by atoms with E-state index in [0.717, 1.165) is 5.56 Å². The van der Waals surface area contributed by atoms with Gasteiger partial charge in [0.15, 0.2) is 6.61 Å². The van der Waals surface area contributed by atoms with Crippen molar-refractivity contribution in [2.75, 3.05) is 13.2 Å². The summed E-state index contributed by atoms with van der Waals surface area (Å²) in [5.74, 6) is 0.384. The number of carbonyl (C=O) groups excluding carboxylic acids is 1. The van der Waals surface area contributed by atoms with Crippen molar-refractivity contribution in [1.29, 1.82) is 0 Å². The molecule has 8 heteroatoms. The number of hydrogen-bond donors (Lipinski definition) is 2. The zero-order valence-electron chi connectivity index (χ0n) is 11.2. The summed E-state index contributed by atoms with van der Waals surface area (Å²) in [7, 11) is 0. The van der Waals surface area contributed by atoms with Crippen molar-refractivity contribution in [2.45, 2.75) is 6.54 Å². The molecule has 0 atom stereocenters. The van der Waals surface area contributed by atoms with Gasteiger partial charge in [0, 0.05) is 18.3 Å². The van der Waals surface area contributed by atoms with Crippen molar-refractivity contribution < 1.29 is 9.53 Å². The lowest BCUT2D eigenvalue weighted by atomic mass is 10.2. The number of nitrogens with one attached hydrogen (secondary N) is 1. The highest BCUT2D eigenvalue weighted by molar-refractivity contribution is 7.80. The topological polar surface area (TPSA) is 95.1 Å². The van der Waals surface area contributed by atoms with Crippen LogP contribution in [-0.4, -0.2) is 39.0 Å². The van der Waals surface area contributed by atoms with Crippen LogP contribution in [0.3, 0.4) is 0 Å². The van der Waals surface area contributed by atoms with Crippen LogP contribution in [-0.2, 0) is 11.3 Å². The van der Waals surface area contributed by atoms with Gasteiger partial charge >= 0.3 is 0 Å². The van der Waals surface area contributed by atoms with Gasteiger partial charge in [-0.15, -0.1) is 5.10 Å². The number of ether oxygens (including phenoxy) is 1. The molecule has 0 aliphatic heterocycles. The fourth-order valence-corrected chi connectivity index (χ4v) is 1.71. The molecular formula is C13H15N5O2S. The standard InChI is InChI=1S/C13H15N5O2S/c14-13(21)10-1-3-11(4-2-10)20-9-12(19)15-5-7-18-8-6-16-17-18/h1-4,6,8H,5,7,9H2,(H2,14,21)(H,15,19). The van der Waals surface area contributed by atoms with Gasteiger partial charge in [-0.2, -0.15) is 0 Å². The maximum Gasteiger partial charge on any atom is 0.258 e. The zero-order valence-corrected chi connectivity index (χ0v) is 12.0. The maximum absolute atomic E-state index is 11.6. The van der Waals surface area contributed by atoms with Crippen molar-refractivity contribution in [3.8, 4) is 5.75 Å². The lowest BCUT2D eigenvalue weighted by Crippen LogP contribution is -2.31. The van der Waals surface area contributed by atoms with E-state index in [1.165, 1.54) is 0 Å². The van der Waals surface area contributed by atoms with Crippen LogP contribution < -0.4 is 15.8 Å². The molecule has 0 spiro atoms. The van der Waals surface area contributed by atoms with Gasteiger partial charge in [-0.1, -0.05) is 17.4 Å². The lowest BCUT2D eigenvalue weighted by Gasteiger charge is -2.08. The predicted molar refractivity (Wildman–Crippen MR) is 80.9 cm³/mol. The Bertz CT molecular complexity index is 598. The Kier molecular flexibility index (Phi) is 5.22. The summed E-state index contributed by atoms with van der Waals surface area (Å²) in [6.45, 7) is 0.976. The molecule has 2 rings (SSSR count). The summed E-state index contributed by atoms with van der Waals surface area (Å²) < 4.78 is 6.99. The van der Waals surface area contributed by atoms with Gasteiger partial charge in [-0.3, -0.25) is 9.48 Å². The van der Waals surface area contributed by atoms with Crippen LogP contribution in [0.4, 0.5) is 0 Å². The van der Waals surface area contributed by atoms with Crippen LogP contribution >= 0.6 is 12.2 Å². The number of nitrogens with zero attached hydrogens (tertiary/aromatic N) is 3. The molecule has 2 aromatic rings. The number of nitrogens with two attached hydrogens (primary N) is 1. The number of thiocarbonyl (C=S) groups is 1. The second kappa shape index (κ2) is 7.34. The van der Waals surface area contributed by atoms with Crippen molar-refractivity contribution in [3.05, 3.63) is 42.2 Å². The van der Waals surface area contributed by atoms with Crippen molar-refractivity contribution >= 4 is 23.1 Å². The molecule has 0 aliphatic carbocycles. The summed E-state index contributed by atoms with van der Waals surface area (Å²) >= 11 is 4.85. The predicted octanol–water partition coefficient (Wildman–Crippen LogP) is 0.107. The second-order valence-electron chi connectivity index (χ2n) is 4.19. The van der Waals surface area contributed by atoms with E-state index in [4.69, 9.17) is 22.7 Å². The van der Waals surface area contributed by atoms with Crippen molar-refractivity contribution in [2.24, 2.45) is 5.73 Å². The van der Waals surface area contributed by atoms with Crippen molar-refractivity contribution in [3.63, 3.8) is 0 Å². The largest absolute Gasteiger partial charge is 0.484 e. The first kappa shape index (κ1) is 14.9. The number of amides is 1. The highest BCUT2D eigenvalue weighted by Crippen LogP contribution is 2.11. The molecule has 0 fully saturated rings. The highest BCUT2D eigenvalue weighted by Gasteiger charge is 2.03. The van der Waals surface area contributed by atoms with Crippen LogP contribution in [0.5, 0.6) is 5.75 Å². The smallest absolute Gasteiger partial charge is 0.258 e. The van der Waals surface area contributed by atoms with Gasteiger partial charge in [0.2, 0.25) is 0 Å².